The number of fused-ring (bicyclic) bond motifs is 1. The first kappa shape index (κ1) is 12.3. The third-order valence-corrected chi connectivity index (χ3v) is 3.30. The molecule has 0 bridgehead atoms. The summed E-state index contributed by atoms with van der Waals surface area (Å²) in [6, 6.07) is 14.2. The number of phenols is 1. The molecule has 0 saturated heterocycles. The molecule has 20 heavy (non-hydrogen) atoms. The van der Waals surface area contributed by atoms with Crippen LogP contribution in [0.25, 0.3) is 10.9 Å². The van der Waals surface area contributed by atoms with Gasteiger partial charge in [-0.2, -0.15) is 0 Å². The van der Waals surface area contributed by atoms with Gasteiger partial charge in [0.25, 0.3) is 5.91 Å². The number of nitrogens with one attached hydrogen (secondary N) is 1. The topological polar surface area (TPSA) is 54.3 Å². The molecule has 3 rings (SSSR count). The third kappa shape index (κ3) is 2.12. The van der Waals surface area contributed by atoms with Crippen molar-refractivity contribution in [1.29, 1.82) is 0 Å². The van der Waals surface area contributed by atoms with Gasteiger partial charge in [-0.05, 0) is 36.4 Å². The van der Waals surface area contributed by atoms with Crippen LogP contribution in [0.5, 0.6) is 5.75 Å². The summed E-state index contributed by atoms with van der Waals surface area (Å²) in [5.41, 5.74) is 2.04. The summed E-state index contributed by atoms with van der Waals surface area (Å²) in [5.74, 6) is -0.182. The number of para-hydroxylation sites is 2. The van der Waals surface area contributed by atoms with Crippen molar-refractivity contribution in [2.45, 2.75) is 0 Å². The summed E-state index contributed by atoms with van der Waals surface area (Å²) in [6.45, 7) is 0. The van der Waals surface area contributed by atoms with Gasteiger partial charge in [0.2, 0.25) is 0 Å². The third-order valence-electron chi connectivity index (χ3n) is 3.30. The molecule has 0 aliphatic carbocycles. The van der Waals surface area contributed by atoms with E-state index in [-0.39, 0.29) is 11.7 Å². The van der Waals surface area contributed by atoms with Crippen LogP contribution in [0.15, 0.2) is 54.7 Å². The van der Waals surface area contributed by atoms with Gasteiger partial charge in [-0.25, -0.2) is 0 Å². The maximum Gasteiger partial charge on any atom is 0.255 e. The van der Waals surface area contributed by atoms with Crippen molar-refractivity contribution in [3.63, 3.8) is 0 Å². The number of rotatable bonds is 2. The Morgan fingerprint density at radius 1 is 1.15 bits per heavy atom. The lowest BCUT2D eigenvalue weighted by Gasteiger charge is -2.07. The smallest absolute Gasteiger partial charge is 0.255 e. The van der Waals surface area contributed by atoms with Crippen LogP contribution < -0.4 is 5.32 Å². The summed E-state index contributed by atoms with van der Waals surface area (Å²) in [6.07, 6.45) is 1.95. The Hall–Kier alpha value is -2.75. The van der Waals surface area contributed by atoms with Gasteiger partial charge in [0.1, 0.15) is 5.75 Å². The average Bonchev–Trinajstić information content (AvgIpc) is 2.82. The highest BCUT2D eigenvalue weighted by Gasteiger charge is 2.09. The molecule has 0 saturated carbocycles. The Kier molecular flexibility index (Phi) is 2.91. The predicted molar refractivity (Wildman–Crippen MR) is 79.0 cm³/mol. The molecule has 0 aliphatic heterocycles. The number of hydrogen-bond donors (Lipinski definition) is 2. The number of carbonyl (C=O) groups is 1. The number of aromatic hydroxyl groups is 1. The van der Waals surface area contributed by atoms with Crippen molar-refractivity contribution in [1.82, 2.24) is 4.57 Å². The fraction of sp³-hybridized carbons (Fsp3) is 0.0625. The number of carbonyl (C=O) groups excluding carboxylic acids is 1. The van der Waals surface area contributed by atoms with Crippen molar-refractivity contribution in [3.8, 4) is 5.75 Å². The fourth-order valence-electron chi connectivity index (χ4n) is 2.20. The van der Waals surface area contributed by atoms with E-state index in [4.69, 9.17) is 0 Å². The van der Waals surface area contributed by atoms with E-state index >= 15 is 0 Å². The molecule has 0 unspecified atom stereocenters. The maximum absolute atomic E-state index is 12.2. The van der Waals surface area contributed by atoms with Crippen LogP contribution in [0.4, 0.5) is 5.69 Å². The lowest BCUT2D eigenvalue weighted by atomic mass is 10.1. The largest absolute Gasteiger partial charge is 0.506 e. The zero-order valence-electron chi connectivity index (χ0n) is 11.0. The minimum absolute atomic E-state index is 0.0571. The zero-order chi connectivity index (χ0) is 14.1. The molecule has 0 atom stereocenters. The van der Waals surface area contributed by atoms with E-state index in [0.29, 0.717) is 11.3 Å². The molecule has 3 aromatic rings. The highest BCUT2D eigenvalue weighted by atomic mass is 16.3. The number of anilines is 1. The highest BCUT2D eigenvalue weighted by Crippen LogP contribution is 2.23. The van der Waals surface area contributed by atoms with Crippen molar-refractivity contribution < 1.29 is 9.90 Å². The van der Waals surface area contributed by atoms with E-state index in [1.807, 2.05) is 36.0 Å². The first-order chi connectivity index (χ1) is 9.65. The molecule has 0 fully saturated rings. The first-order valence-corrected chi connectivity index (χ1v) is 6.29. The van der Waals surface area contributed by atoms with Gasteiger partial charge in [0.15, 0.2) is 0 Å². The number of nitrogens with zero attached hydrogens (tertiary/aromatic N) is 1. The summed E-state index contributed by atoms with van der Waals surface area (Å²) in [4.78, 5) is 12.2. The van der Waals surface area contributed by atoms with Crippen LogP contribution in [-0.2, 0) is 7.05 Å². The minimum Gasteiger partial charge on any atom is -0.506 e. The lowest BCUT2D eigenvalue weighted by Crippen LogP contribution is -2.11. The second kappa shape index (κ2) is 4.74. The summed E-state index contributed by atoms with van der Waals surface area (Å²) in [5, 5.41) is 13.4. The molecule has 2 aromatic carbocycles. The van der Waals surface area contributed by atoms with Crippen LogP contribution >= 0.6 is 0 Å². The number of hydrogen-bond acceptors (Lipinski definition) is 2. The molecular weight excluding hydrogens is 252 g/mol. The summed E-state index contributed by atoms with van der Waals surface area (Å²) in [7, 11) is 1.96. The Morgan fingerprint density at radius 2 is 1.95 bits per heavy atom. The zero-order valence-corrected chi connectivity index (χ0v) is 11.0. The van der Waals surface area contributed by atoms with Crippen molar-refractivity contribution >= 4 is 22.5 Å². The summed E-state index contributed by atoms with van der Waals surface area (Å²) < 4.78 is 2.00. The van der Waals surface area contributed by atoms with Crippen LogP contribution in [0.3, 0.4) is 0 Å². The van der Waals surface area contributed by atoms with Crippen LogP contribution in [0.1, 0.15) is 10.4 Å². The molecule has 1 aromatic heterocycles. The van der Waals surface area contributed by atoms with Gasteiger partial charge in [-0.15, -0.1) is 0 Å². The van der Waals surface area contributed by atoms with E-state index in [9.17, 15) is 9.90 Å². The Balaban J connectivity index is 1.91. The minimum atomic E-state index is -0.239. The lowest BCUT2D eigenvalue weighted by molar-refractivity contribution is 0.102. The molecule has 0 radical (unpaired) electrons. The van der Waals surface area contributed by atoms with Crippen molar-refractivity contribution in [2.75, 3.05) is 5.32 Å². The molecule has 1 heterocycles. The molecule has 4 heteroatoms. The number of aryl methyl sites for hydroxylation is 1. The van der Waals surface area contributed by atoms with Gasteiger partial charge in [0.05, 0.1) is 5.69 Å². The molecule has 2 N–H and O–H groups in total. The van der Waals surface area contributed by atoms with E-state index in [1.165, 1.54) is 6.07 Å². The number of phenolic OH excluding ortho intramolecular Hbond substituents is 1. The maximum atomic E-state index is 12.2. The Morgan fingerprint density at radius 3 is 2.75 bits per heavy atom. The van der Waals surface area contributed by atoms with E-state index in [2.05, 4.69) is 5.32 Å². The van der Waals surface area contributed by atoms with E-state index in [1.54, 1.807) is 24.3 Å². The van der Waals surface area contributed by atoms with Gasteiger partial charge in [0, 0.05) is 29.7 Å². The van der Waals surface area contributed by atoms with Gasteiger partial charge >= 0.3 is 0 Å². The second-order valence-corrected chi connectivity index (χ2v) is 4.67. The number of amides is 1. The molecule has 1 amide bonds. The van der Waals surface area contributed by atoms with Crippen LogP contribution in [0.2, 0.25) is 0 Å². The van der Waals surface area contributed by atoms with Crippen molar-refractivity contribution in [3.05, 3.63) is 60.3 Å². The Bertz CT molecular complexity index is 790. The Labute approximate surface area is 116 Å². The van der Waals surface area contributed by atoms with Gasteiger partial charge < -0.3 is 15.0 Å². The molecule has 100 valence electrons. The first-order valence-electron chi connectivity index (χ1n) is 6.29. The van der Waals surface area contributed by atoms with E-state index in [0.717, 1.165) is 10.9 Å². The van der Waals surface area contributed by atoms with Crippen LogP contribution in [0, 0.1) is 0 Å². The average molecular weight is 266 g/mol. The van der Waals surface area contributed by atoms with Crippen LogP contribution in [-0.4, -0.2) is 15.6 Å². The highest BCUT2D eigenvalue weighted by molar-refractivity contribution is 6.06. The molecule has 0 spiro atoms. The van der Waals surface area contributed by atoms with Crippen molar-refractivity contribution in [2.24, 2.45) is 7.05 Å². The molecular formula is C16H14N2O2. The quantitative estimate of drug-likeness (QED) is 0.700. The van der Waals surface area contributed by atoms with Gasteiger partial charge in [-0.1, -0.05) is 12.1 Å². The molecule has 0 aliphatic rings. The van der Waals surface area contributed by atoms with Gasteiger partial charge in [-0.3, -0.25) is 4.79 Å². The predicted octanol–water partition coefficient (Wildman–Crippen LogP) is 3.14. The summed E-state index contributed by atoms with van der Waals surface area (Å²) >= 11 is 0. The fourth-order valence-corrected chi connectivity index (χ4v) is 2.20. The number of aromatic nitrogens is 1. The number of benzene rings is 2. The monoisotopic (exact) mass is 266 g/mol. The normalized spacial score (nSPS) is 10.7. The standard InChI is InChI=1S/C16H14N2O2/c1-18-9-8-11-10-12(6-7-14(11)18)16(20)17-13-4-2-3-5-15(13)19/h2-10,19H,1H3,(H,17,20). The second-order valence-electron chi connectivity index (χ2n) is 4.67. The molecule has 4 nitrogen and oxygen atoms in total. The SMILES string of the molecule is Cn1ccc2cc(C(=O)Nc3ccccc3O)ccc21. The van der Waals surface area contributed by atoms with E-state index < -0.39 is 0 Å².